The molecule has 0 aromatic heterocycles. The molecular formula is C16H9ClN2O4. The van der Waals surface area contributed by atoms with Gasteiger partial charge in [-0.3, -0.25) is 19.2 Å². The number of primary amides is 1. The maximum atomic E-state index is 12.5. The van der Waals surface area contributed by atoms with Gasteiger partial charge in [0.2, 0.25) is 5.91 Å². The van der Waals surface area contributed by atoms with Gasteiger partial charge in [-0.25, -0.2) is 0 Å². The number of ketones is 2. The van der Waals surface area contributed by atoms with Crippen LogP contribution in [0.3, 0.4) is 0 Å². The molecule has 3 N–H and O–H groups in total. The number of carbonyl (C=O) groups is 4. The molecule has 1 heterocycles. The molecule has 1 aliphatic heterocycles. The Labute approximate surface area is 135 Å². The molecule has 7 heteroatoms. The van der Waals surface area contributed by atoms with Gasteiger partial charge in [0, 0.05) is 11.1 Å². The number of halogens is 1. The molecule has 2 aromatic rings. The Balaban J connectivity index is 1.99. The molecule has 1 aliphatic rings. The van der Waals surface area contributed by atoms with Crippen LogP contribution < -0.4 is 11.1 Å². The lowest BCUT2D eigenvalue weighted by Crippen LogP contribution is -2.13. The van der Waals surface area contributed by atoms with E-state index in [9.17, 15) is 19.2 Å². The molecule has 2 amide bonds. The van der Waals surface area contributed by atoms with Crippen molar-refractivity contribution in [2.45, 2.75) is 0 Å². The van der Waals surface area contributed by atoms with Crippen molar-refractivity contribution in [3.63, 3.8) is 0 Å². The molecule has 0 radical (unpaired) electrons. The number of anilines is 1. The van der Waals surface area contributed by atoms with Crippen LogP contribution in [0.15, 0.2) is 36.4 Å². The summed E-state index contributed by atoms with van der Waals surface area (Å²) >= 11 is 5.93. The van der Waals surface area contributed by atoms with Crippen LogP contribution in [-0.2, 0) is 4.79 Å². The highest BCUT2D eigenvalue weighted by atomic mass is 35.5. The minimum Gasteiger partial charge on any atom is -0.366 e. The summed E-state index contributed by atoms with van der Waals surface area (Å²) in [7, 11) is 0. The van der Waals surface area contributed by atoms with Crippen molar-refractivity contribution >= 4 is 40.7 Å². The van der Waals surface area contributed by atoms with E-state index in [1.807, 2.05) is 0 Å². The van der Waals surface area contributed by atoms with Gasteiger partial charge in [-0.2, -0.15) is 0 Å². The number of Topliss-reactive ketones (excluding diaryl/α,β-unsaturated/α-hetero) is 1. The van der Waals surface area contributed by atoms with E-state index in [0.29, 0.717) is 5.69 Å². The van der Waals surface area contributed by atoms with E-state index >= 15 is 0 Å². The molecule has 6 nitrogen and oxygen atoms in total. The topological polar surface area (TPSA) is 106 Å². The first-order valence-corrected chi connectivity index (χ1v) is 6.90. The van der Waals surface area contributed by atoms with Crippen LogP contribution in [0.2, 0.25) is 5.02 Å². The quantitative estimate of drug-likeness (QED) is 0.661. The van der Waals surface area contributed by atoms with Gasteiger partial charge >= 0.3 is 0 Å². The fourth-order valence-electron chi connectivity index (χ4n) is 2.31. The molecule has 0 bridgehead atoms. The van der Waals surface area contributed by atoms with Crippen molar-refractivity contribution in [3.8, 4) is 0 Å². The van der Waals surface area contributed by atoms with Crippen LogP contribution in [0.4, 0.5) is 5.69 Å². The van der Waals surface area contributed by atoms with E-state index in [-0.39, 0.29) is 27.3 Å². The Bertz CT molecular complexity index is 905. The smallest absolute Gasteiger partial charge is 0.296 e. The molecule has 114 valence electrons. The number of benzene rings is 2. The van der Waals surface area contributed by atoms with Crippen LogP contribution in [-0.4, -0.2) is 23.4 Å². The maximum Gasteiger partial charge on any atom is 0.296 e. The summed E-state index contributed by atoms with van der Waals surface area (Å²) in [6, 6.07) is 8.46. The van der Waals surface area contributed by atoms with Crippen molar-refractivity contribution in [3.05, 3.63) is 63.7 Å². The first-order valence-electron chi connectivity index (χ1n) is 6.52. The molecule has 0 atom stereocenters. The Kier molecular flexibility index (Phi) is 3.46. The summed E-state index contributed by atoms with van der Waals surface area (Å²) in [5.74, 6) is -2.49. The van der Waals surface area contributed by atoms with E-state index in [1.54, 1.807) is 0 Å². The molecule has 0 spiro atoms. The third-order valence-electron chi connectivity index (χ3n) is 3.48. The number of nitrogens with two attached hydrogens (primary N) is 1. The molecule has 0 fully saturated rings. The van der Waals surface area contributed by atoms with Crippen molar-refractivity contribution < 1.29 is 19.2 Å². The zero-order chi connectivity index (χ0) is 16.7. The standard InChI is InChI=1S/C16H9ClN2O4/c17-11-6-8(1-3-9(11)15(18)22)13(20)7-2-4-12-10(5-7)14(21)16(23)19-12/h1-6H,(H2,18,22)(H,19,21,23). The van der Waals surface area contributed by atoms with E-state index in [2.05, 4.69) is 5.32 Å². The molecule has 0 saturated carbocycles. The third kappa shape index (κ3) is 2.49. The molecule has 0 saturated heterocycles. The lowest BCUT2D eigenvalue weighted by atomic mass is 9.99. The minimum absolute atomic E-state index is 0.0671. The zero-order valence-corrected chi connectivity index (χ0v) is 12.3. The third-order valence-corrected chi connectivity index (χ3v) is 3.79. The fraction of sp³-hybridized carbons (Fsp3) is 0. The fourth-order valence-corrected chi connectivity index (χ4v) is 2.58. The van der Waals surface area contributed by atoms with Crippen molar-refractivity contribution in [2.24, 2.45) is 5.73 Å². The number of nitrogens with one attached hydrogen (secondary N) is 1. The van der Waals surface area contributed by atoms with Crippen LogP contribution >= 0.6 is 11.6 Å². The van der Waals surface area contributed by atoms with E-state index < -0.39 is 23.4 Å². The molecule has 0 aliphatic carbocycles. The summed E-state index contributed by atoms with van der Waals surface area (Å²) in [5.41, 5.74) is 6.27. The number of amides is 2. The normalized spacial score (nSPS) is 12.7. The maximum absolute atomic E-state index is 12.5. The van der Waals surface area contributed by atoms with Gasteiger partial charge in [0.25, 0.3) is 11.7 Å². The van der Waals surface area contributed by atoms with Crippen LogP contribution in [0.5, 0.6) is 0 Å². The number of fused-ring (bicyclic) bond motifs is 1. The average molecular weight is 329 g/mol. The molecule has 23 heavy (non-hydrogen) atoms. The SMILES string of the molecule is NC(=O)c1ccc(C(=O)c2ccc3c(c2)C(=O)C(=O)N3)cc1Cl. The highest BCUT2D eigenvalue weighted by Crippen LogP contribution is 2.26. The van der Waals surface area contributed by atoms with Crippen molar-refractivity contribution in [2.75, 3.05) is 5.32 Å². The van der Waals surface area contributed by atoms with Crippen molar-refractivity contribution in [1.29, 1.82) is 0 Å². The second-order valence-electron chi connectivity index (χ2n) is 4.93. The molecule has 0 unspecified atom stereocenters. The summed E-state index contributed by atoms with van der Waals surface area (Å²) < 4.78 is 0. The monoisotopic (exact) mass is 328 g/mol. The van der Waals surface area contributed by atoms with Gasteiger partial charge in [-0.15, -0.1) is 0 Å². The molecule has 2 aromatic carbocycles. The predicted octanol–water partition coefficient (Wildman–Crippen LogP) is 1.80. The van der Waals surface area contributed by atoms with Gasteiger partial charge in [-0.05, 0) is 30.3 Å². The van der Waals surface area contributed by atoms with E-state index in [1.165, 1.54) is 36.4 Å². The highest BCUT2D eigenvalue weighted by Gasteiger charge is 2.28. The predicted molar refractivity (Wildman–Crippen MR) is 82.8 cm³/mol. The van der Waals surface area contributed by atoms with Crippen LogP contribution in [0.25, 0.3) is 0 Å². The van der Waals surface area contributed by atoms with Gasteiger partial charge in [0.05, 0.1) is 21.8 Å². The first kappa shape index (κ1) is 14.9. The second kappa shape index (κ2) is 5.33. The van der Waals surface area contributed by atoms with Crippen LogP contribution in [0.1, 0.15) is 36.6 Å². The number of rotatable bonds is 3. The highest BCUT2D eigenvalue weighted by molar-refractivity contribution is 6.51. The first-order chi connectivity index (χ1) is 10.9. The van der Waals surface area contributed by atoms with Crippen molar-refractivity contribution in [1.82, 2.24) is 0 Å². The van der Waals surface area contributed by atoms with E-state index in [4.69, 9.17) is 17.3 Å². The minimum atomic E-state index is -0.724. The Hall–Kier alpha value is -2.99. The van der Waals surface area contributed by atoms with Gasteiger partial charge in [0.15, 0.2) is 5.78 Å². The molecule has 3 rings (SSSR count). The Morgan fingerprint density at radius 1 is 1.00 bits per heavy atom. The lowest BCUT2D eigenvalue weighted by Gasteiger charge is -2.06. The zero-order valence-electron chi connectivity index (χ0n) is 11.6. The molecular weight excluding hydrogens is 320 g/mol. The summed E-state index contributed by atoms with van der Waals surface area (Å²) in [5, 5.41) is 2.48. The lowest BCUT2D eigenvalue weighted by molar-refractivity contribution is -0.112. The van der Waals surface area contributed by atoms with Gasteiger partial charge in [0.1, 0.15) is 0 Å². The summed E-state index contributed by atoms with van der Waals surface area (Å²) in [6.07, 6.45) is 0. The Morgan fingerprint density at radius 3 is 2.30 bits per heavy atom. The largest absolute Gasteiger partial charge is 0.366 e. The van der Waals surface area contributed by atoms with Crippen LogP contribution in [0, 0.1) is 0 Å². The summed E-state index contributed by atoms with van der Waals surface area (Å²) in [4.78, 5) is 46.6. The number of carbonyl (C=O) groups excluding carboxylic acids is 4. The number of hydrogen-bond donors (Lipinski definition) is 2. The number of hydrogen-bond acceptors (Lipinski definition) is 4. The Morgan fingerprint density at radius 2 is 1.65 bits per heavy atom. The second-order valence-corrected chi connectivity index (χ2v) is 5.34. The van der Waals surface area contributed by atoms with Gasteiger partial charge in [-0.1, -0.05) is 17.7 Å². The average Bonchev–Trinajstić information content (AvgIpc) is 2.80. The van der Waals surface area contributed by atoms with E-state index in [0.717, 1.165) is 0 Å². The summed E-state index contributed by atoms with van der Waals surface area (Å²) in [6.45, 7) is 0. The van der Waals surface area contributed by atoms with Gasteiger partial charge < -0.3 is 11.1 Å².